The second-order valence-corrected chi connectivity index (χ2v) is 12.3. The lowest BCUT2D eigenvalue weighted by Gasteiger charge is -2.31. The molecular weight excluding hydrogens is 646 g/mol. The molecule has 6 atom stereocenters. The van der Waals surface area contributed by atoms with Crippen LogP contribution in [0.3, 0.4) is 0 Å². The Morgan fingerprint density at radius 2 is 1.69 bits per heavy atom. The Morgan fingerprint density at radius 1 is 1.06 bits per heavy atom. The number of aliphatic hydroxyl groups is 1. The molecule has 1 fully saturated rings. The fourth-order valence-electron chi connectivity index (χ4n) is 5.25. The van der Waals surface area contributed by atoms with Gasteiger partial charge >= 0.3 is 5.97 Å². The number of aromatic hydroxyl groups is 1. The zero-order valence-corrected chi connectivity index (χ0v) is 27.7. The number of hydrogen-bond acceptors (Lipinski definition) is 11. The number of carboxylic acid groups (broad SMARTS) is 1. The number of nitrogens with one attached hydrogen (secondary N) is 4. The van der Waals surface area contributed by atoms with Crippen LogP contribution in [0.5, 0.6) is 5.75 Å². The summed E-state index contributed by atoms with van der Waals surface area (Å²) in [7, 11) is 0. The first-order valence-electron chi connectivity index (χ1n) is 15.9. The number of hydrazine groups is 1. The molecule has 4 amide bonds. The zero-order valence-electron chi connectivity index (χ0n) is 27.7. The van der Waals surface area contributed by atoms with E-state index in [0.717, 1.165) is 0 Å². The van der Waals surface area contributed by atoms with E-state index in [9.17, 15) is 49.4 Å². The number of likely N-dealkylation sites (tertiary alicyclic amines) is 1. The van der Waals surface area contributed by atoms with Gasteiger partial charge in [-0.1, -0.05) is 31.4 Å². The summed E-state index contributed by atoms with van der Waals surface area (Å²) >= 11 is 0. The van der Waals surface area contributed by atoms with Crippen LogP contribution >= 0.6 is 0 Å². The summed E-state index contributed by atoms with van der Waals surface area (Å²) in [5.74, 6) is -4.67. The highest BCUT2D eigenvalue weighted by Gasteiger charge is 2.40. The van der Waals surface area contributed by atoms with Gasteiger partial charge in [-0.05, 0) is 69.1 Å². The molecule has 19 nitrogen and oxygen atoms in total. The van der Waals surface area contributed by atoms with Crippen LogP contribution in [0.25, 0.3) is 0 Å². The number of benzene rings is 1. The average molecular weight is 694 g/mol. The van der Waals surface area contributed by atoms with E-state index in [1.54, 1.807) is 17.6 Å². The molecule has 0 aromatic heterocycles. The van der Waals surface area contributed by atoms with Crippen molar-refractivity contribution in [3.63, 3.8) is 0 Å². The van der Waals surface area contributed by atoms with Crippen molar-refractivity contribution >= 4 is 35.6 Å². The number of nitrogens with two attached hydrogens (primary N) is 2. The van der Waals surface area contributed by atoms with E-state index in [1.807, 2.05) is 13.8 Å². The Hall–Kier alpha value is -5.04. The third kappa shape index (κ3) is 13.2. The van der Waals surface area contributed by atoms with E-state index >= 15 is 0 Å². The van der Waals surface area contributed by atoms with Crippen molar-refractivity contribution in [1.82, 2.24) is 26.3 Å². The van der Waals surface area contributed by atoms with Gasteiger partial charge in [-0.15, -0.1) is 0 Å². The SMILES string of the molecule is CC(C)C[C@H](NC(=O)[C@@H](N)Cc1ccc(O)cc1)C(=O)N1CCC[C@H]1C(=O)N[C@H](C(=O)N[C@@H](CCCN=C(N)N[N+](=O)[O-])C(=O)O)[C@@H](C)O. The standard InChI is InChI=1S/C30H47N9O10/c1-16(2)14-22(35-25(42)20(31)15-18-8-10-19(41)11-9-18)28(45)38-13-5-7-23(38)26(43)36-24(17(3)40)27(44)34-21(29(46)47)6-4-12-33-30(32)37-39(48)49/h8-11,16-17,20-24,40-41H,4-7,12-15,31H2,1-3H3,(H,34,44)(H,35,42)(H,36,43)(H,46,47)(H3,32,33,37)/t17-,20+,21+,22+,23+,24+/m1/s1. The highest BCUT2D eigenvalue weighted by atomic mass is 16.7. The molecule has 11 N–H and O–H groups in total. The minimum absolute atomic E-state index is 0.0233. The molecule has 19 heteroatoms. The Labute approximate surface area is 283 Å². The first-order chi connectivity index (χ1) is 23.0. The van der Waals surface area contributed by atoms with Crippen LogP contribution in [0.1, 0.15) is 58.4 Å². The summed E-state index contributed by atoms with van der Waals surface area (Å²) in [6.07, 6.45) is -0.449. The Balaban J connectivity index is 2.09. The third-order valence-corrected chi connectivity index (χ3v) is 7.71. The quantitative estimate of drug-likeness (QED) is 0.0267. The third-order valence-electron chi connectivity index (χ3n) is 7.71. The largest absolute Gasteiger partial charge is 0.508 e. The maximum absolute atomic E-state index is 13.8. The topological polar surface area (TPSA) is 305 Å². The molecule has 1 saturated heterocycles. The van der Waals surface area contributed by atoms with Crippen LogP contribution in [-0.4, -0.2) is 110 Å². The molecule has 0 aliphatic carbocycles. The van der Waals surface area contributed by atoms with Crippen LogP contribution in [-0.2, 0) is 30.4 Å². The average Bonchev–Trinajstić information content (AvgIpc) is 3.51. The van der Waals surface area contributed by atoms with Crippen molar-refractivity contribution in [3.8, 4) is 5.75 Å². The summed E-state index contributed by atoms with van der Waals surface area (Å²) in [5, 5.41) is 46.3. The van der Waals surface area contributed by atoms with Crippen molar-refractivity contribution < 1.29 is 44.3 Å². The number of nitrogens with zero attached hydrogens (tertiary/aromatic N) is 3. The number of rotatable bonds is 18. The molecule has 1 aromatic rings. The molecular formula is C30H47N9O10. The van der Waals surface area contributed by atoms with Gasteiger partial charge in [-0.3, -0.25) is 19.2 Å². The van der Waals surface area contributed by atoms with Crippen molar-refractivity contribution in [2.24, 2.45) is 22.4 Å². The van der Waals surface area contributed by atoms with Gasteiger partial charge in [0.25, 0.3) is 5.96 Å². The first kappa shape index (κ1) is 40.1. The van der Waals surface area contributed by atoms with E-state index in [4.69, 9.17) is 11.5 Å². The number of phenolic OH excluding ortho intramolecular Hbond substituents is 1. The van der Waals surface area contributed by atoms with Gasteiger partial charge in [0, 0.05) is 13.1 Å². The molecule has 2 rings (SSSR count). The number of aliphatic carboxylic acids is 1. The van der Waals surface area contributed by atoms with Crippen molar-refractivity contribution in [3.05, 3.63) is 39.9 Å². The minimum atomic E-state index is -1.58. The van der Waals surface area contributed by atoms with Gasteiger partial charge in [-0.25, -0.2) is 19.9 Å². The normalized spacial score (nSPS) is 17.7. The van der Waals surface area contributed by atoms with Crippen molar-refractivity contribution in [2.75, 3.05) is 13.1 Å². The maximum Gasteiger partial charge on any atom is 0.326 e. The number of phenols is 1. The number of aliphatic imine (C=N–C) groups is 1. The monoisotopic (exact) mass is 693 g/mol. The molecule has 0 bridgehead atoms. The van der Waals surface area contributed by atoms with E-state index in [2.05, 4.69) is 20.9 Å². The smallest absolute Gasteiger partial charge is 0.326 e. The number of carbonyl (C=O) groups excluding carboxylic acids is 4. The number of amides is 4. The number of carboxylic acids is 1. The molecule has 1 heterocycles. The highest BCUT2D eigenvalue weighted by Crippen LogP contribution is 2.21. The predicted octanol–water partition coefficient (Wildman–Crippen LogP) is -1.90. The van der Waals surface area contributed by atoms with Crippen LogP contribution in [0, 0.1) is 16.0 Å². The van der Waals surface area contributed by atoms with Crippen LogP contribution in [0.4, 0.5) is 0 Å². The molecule has 1 aliphatic rings. The Bertz CT molecular complexity index is 1360. The second kappa shape index (κ2) is 19.1. The van der Waals surface area contributed by atoms with Crippen molar-refractivity contribution in [2.45, 2.75) is 95.6 Å². The number of nitro groups is 1. The van der Waals surface area contributed by atoms with Crippen LogP contribution in [0.2, 0.25) is 0 Å². The number of hydrogen-bond donors (Lipinski definition) is 9. The molecule has 49 heavy (non-hydrogen) atoms. The van der Waals surface area contributed by atoms with Crippen LogP contribution in [0.15, 0.2) is 29.3 Å². The Kier molecular flexibility index (Phi) is 15.6. The van der Waals surface area contributed by atoms with E-state index in [0.29, 0.717) is 12.0 Å². The number of carbonyl (C=O) groups is 5. The van der Waals surface area contributed by atoms with Gasteiger partial charge in [0.05, 0.1) is 12.1 Å². The van der Waals surface area contributed by atoms with Crippen LogP contribution < -0.4 is 32.8 Å². The van der Waals surface area contributed by atoms with Gasteiger partial charge < -0.3 is 47.6 Å². The highest BCUT2D eigenvalue weighted by molar-refractivity contribution is 5.96. The van der Waals surface area contributed by atoms with E-state index in [1.165, 1.54) is 24.0 Å². The molecule has 1 aromatic carbocycles. The molecule has 1 aliphatic heterocycles. The summed E-state index contributed by atoms with van der Waals surface area (Å²) in [6.45, 7) is 5.06. The minimum Gasteiger partial charge on any atom is -0.508 e. The van der Waals surface area contributed by atoms with Gasteiger partial charge in [0.15, 0.2) is 5.03 Å². The summed E-state index contributed by atoms with van der Waals surface area (Å²) < 4.78 is 0. The predicted molar refractivity (Wildman–Crippen MR) is 175 cm³/mol. The number of aliphatic hydroxyl groups excluding tert-OH is 1. The molecule has 272 valence electrons. The first-order valence-corrected chi connectivity index (χ1v) is 15.9. The summed E-state index contributed by atoms with van der Waals surface area (Å²) in [5.41, 5.74) is 13.8. The molecule has 0 spiro atoms. The molecule has 0 unspecified atom stereocenters. The molecule has 0 saturated carbocycles. The lowest BCUT2D eigenvalue weighted by molar-refractivity contribution is -0.525. The van der Waals surface area contributed by atoms with Crippen molar-refractivity contribution in [1.29, 1.82) is 0 Å². The fraction of sp³-hybridized carbons (Fsp3) is 0.600. The Morgan fingerprint density at radius 3 is 2.27 bits per heavy atom. The van der Waals surface area contributed by atoms with Gasteiger partial charge in [0.1, 0.15) is 29.9 Å². The van der Waals surface area contributed by atoms with E-state index in [-0.39, 0.29) is 56.9 Å². The van der Waals surface area contributed by atoms with E-state index < -0.39 is 76.9 Å². The van der Waals surface area contributed by atoms with Gasteiger partial charge in [-0.2, -0.15) is 0 Å². The molecule has 0 radical (unpaired) electrons. The summed E-state index contributed by atoms with van der Waals surface area (Å²) in [4.78, 5) is 80.5. The fourth-order valence-corrected chi connectivity index (χ4v) is 5.25. The lowest BCUT2D eigenvalue weighted by atomic mass is 10.0. The maximum atomic E-state index is 13.8. The zero-order chi connectivity index (χ0) is 36.8. The lowest BCUT2D eigenvalue weighted by Crippen LogP contribution is -2.60. The van der Waals surface area contributed by atoms with Gasteiger partial charge in [0.2, 0.25) is 23.6 Å². The number of guanidine groups is 1. The summed E-state index contributed by atoms with van der Waals surface area (Å²) in [6, 6.07) is 0.133. The second-order valence-electron chi connectivity index (χ2n) is 12.3.